The van der Waals surface area contributed by atoms with Crippen LogP contribution in [0.1, 0.15) is 29.8 Å². The average molecular weight is 525 g/mol. The molecule has 9 nitrogen and oxygen atoms in total. The molecule has 0 aliphatic rings. The molecular formula is C26H22F3N5O4. The van der Waals surface area contributed by atoms with Crippen molar-refractivity contribution in [3.05, 3.63) is 94.0 Å². The zero-order valence-corrected chi connectivity index (χ0v) is 20.3. The predicted molar refractivity (Wildman–Crippen MR) is 133 cm³/mol. The fraction of sp³-hybridized carbons (Fsp3) is 0.192. The molecule has 1 N–H and O–H groups in total. The summed E-state index contributed by atoms with van der Waals surface area (Å²) in [5.41, 5.74) is 0.109. The Balaban J connectivity index is 1.64. The number of anilines is 1. The maximum Gasteiger partial charge on any atom is 0.416 e. The molecule has 0 saturated heterocycles. The molecule has 0 saturated carbocycles. The van der Waals surface area contributed by atoms with Crippen molar-refractivity contribution in [2.24, 2.45) is 5.92 Å². The van der Waals surface area contributed by atoms with Crippen molar-refractivity contribution in [2.75, 3.05) is 11.9 Å². The molecule has 0 unspecified atom stereocenters. The highest BCUT2D eigenvalue weighted by molar-refractivity contribution is 6.04. The number of carbonyl (C=O) groups is 1. The van der Waals surface area contributed by atoms with E-state index in [0.29, 0.717) is 18.0 Å². The standard InChI is InChI=1S/C26H22F3N5O4/c1-16(2)15-38-25-31-23(17-5-3-7-19(13-17)26(27,28)29)33(32-25)21-11-9-20(10-12-21)30-24(35)18-6-4-8-22(14-18)34(36)37/h3-14,16H,15H2,1-2H3,(H,30,35). The largest absolute Gasteiger partial charge is 0.462 e. The molecule has 4 aromatic rings. The maximum absolute atomic E-state index is 13.3. The summed E-state index contributed by atoms with van der Waals surface area (Å²) in [6, 6.07) is 16.4. The summed E-state index contributed by atoms with van der Waals surface area (Å²) in [6.07, 6.45) is -4.53. The van der Waals surface area contributed by atoms with Gasteiger partial charge in [-0.05, 0) is 48.4 Å². The number of rotatable bonds is 8. The van der Waals surface area contributed by atoms with Gasteiger partial charge in [-0.2, -0.15) is 18.2 Å². The predicted octanol–water partition coefficient (Wildman–Crippen LogP) is 6.15. The Morgan fingerprint density at radius 2 is 1.79 bits per heavy atom. The summed E-state index contributed by atoms with van der Waals surface area (Å²) in [4.78, 5) is 27.3. The van der Waals surface area contributed by atoms with Crippen LogP contribution in [0, 0.1) is 16.0 Å². The quantitative estimate of drug-likeness (QED) is 0.218. The van der Waals surface area contributed by atoms with E-state index >= 15 is 0 Å². The SMILES string of the molecule is CC(C)COc1nc(-c2cccc(C(F)(F)F)c2)n(-c2ccc(NC(=O)c3cccc([N+](=O)[O-])c3)cc2)n1. The molecule has 196 valence electrons. The van der Waals surface area contributed by atoms with Gasteiger partial charge in [-0.15, -0.1) is 5.10 Å². The highest BCUT2D eigenvalue weighted by Gasteiger charge is 2.31. The number of hydrogen-bond acceptors (Lipinski definition) is 6. The number of carbonyl (C=O) groups excluding carboxylic acids is 1. The molecule has 3 aromatic carbocycles. The van der Waals surface area contributed by atoms with Crippen molar-refractivity contribution in [3.63, 3.8) is 0 Å². The molecule has 1 amide bonds. The van der Waals surface area contributed by atoms with Gasteiger partial charge in [0, 0.05) is 28.9 Å². The summed E-state index contributed by atoms with van der Waals surface area (Å²) >= 11 is 0. The summed E-state index contributed by atoms with van der Waals surface area (Å²) < 4.78 is 46.9. The topological polar surface area (TPSA) is 112 Å². The van der Waals surface area contributed by atoms with Crippen molar-refractivity contribution in [1.29, 1.82) is 0 Å². The van der Waals surface area contributed by atoms with E-state index in [2.05, 4.69) is 15.4 Å². The lowest BCUT2D eigenvalue weighted by molar-refractivity contribution is -0.384. The lowest BCUT2D eigenvalue weighted by Gasteiger charge is -2.10. The second-order valence-corrected chi connectivity index (χ2v) is 8.72. The Labute approximate surface area is 215 Å². The third-order valence-corrected chi connectivity index (χ3v) is 5.27. The van der Waals surface area contributed by atoms with E-state index in [1.54, 1.807) is 24.3 Å². The number of nitrogens with one attached hydrogen (secondary N) is 1. The van der Waals surface area contributed by atoms with Crippen molar-refractivity contribution in [2.45, 2.75) is 20.0 Å². The molecule has 0 atom stereocenters. The first-order valence-electron chi connectivity index (χ1n) is 11.4. The van der Waals surface area contributed by atoms with Gasteiger partial charge in [0.05, 0.1) is 22.8 Å². The molecule has 0 spiro atoms. The molecule has 1 aromatic heterocycles. The van der Waals surface area contributed by atoms with E-state index in [1.807, 2.05) is 13.8 Å². The number of nitrogens with zero attached hydrogens (tertiary/aromatic N) is 4. The molecular weight excluding hydrogens is 503 g/mol. The molecule has 0 aliphatic heterocycles. The Bertz CT molecular complexity index is 1470. The summed E-state index contributed by atoms with van der Waals surface area (Å²) in [5, 5.41) is 18.0. The lowest BCUT2D eigenvalue weighted by Crippen LogP contribution is -2.12. The van der Waals surface area contributed by atoms with Crippen LogP contribution in [0.3, 0.4) is 0 Å². The van der Waals surface area contributed by atoms with E-state index in [9.17, 15) is 28.1 Å². The third-order valence-electron chi connectivity index (χ3n) is 5.27. The van der Waals surface area contributed by atoms with Crippen LogP contribution >= 0.6 is 0 Å². The smallest absolute Gasteiger partial charge is 0.416 e. The van der Waals surface area contributed by atoms with Gasteiger partial charge in [-0.25, -0.2) is 4.68 Å². The minimum absolute atomic E-state index is 0.00848. The van der Waals surface area contributed by atoms with Gasteiger partial charge in [-0.1, -0.05) is 32.0 Å². The van der Waals surface area contributed by atoms with Crippen LogP contribution in [-0.4, -0.2) is 32.2 Å². The van der Waals surface area contributed by atoms with Gasteiger partial charge in [-0.3, -0.25) is 14.9 Å². The molecule has 4 rings (SSSR count). The van der Waals surface area contributed by atoms with Crippen LogP contribution in [0.5, 0.6) is 6.01 Å². The van der Waals surface area contributed by atoms with Gasteiger partial charge in [0.25, 0.3) is 11.6 Å². The van der Waals surface area contributed by atoms with E-state index in [-0.39, 0.29) is 34.6 Å². The van der Waals surface area contributed by atoms with Gasteiger partial charge < -0.3 is 10.1 Å². The van der Waals surface area contributed by atoms with E-state index in [1.165, 1.54) is 41.1 Å². The number of alkyl halides is 3. The van der Waals surface area contributed by atoms with Gasteiger partial charge in [0.2, 0.25) is 0 Å². The Hall–Kier alpha value is -4.74. The van der Waals surface area contributed by atoms with Crippen LogP contribution in [0.4, 0.5) is 24.5 Å². The zero-order valence-electron chi connectivity index (χ0n) is 20.3. The van der Waals surface area contributed by atoms with E-state index in [4.69, 9.17) is 4.74 Å². The van der Waals surface area contributed by atoms with Crippen molar-refractivity contribution in [1.82, 2.24) is 14.8 Å². The van der Waals surface area contributed by atoms with Crippen LogP contribution in [0.15, 0.2) is 72.8 Å². The van der Waals surface area contributed by atoms with Crippen molar-refractivity contribution >= 4 is 17.3 Å². The lowest BCUT2D eigenvalue weighted by atomic mass is 10.1. The van der Waals surface area contributed by atoms with Gasteiger partial charge in [0.15, 0.2) is 5.82 Å². The van der Waals surface area contributed by atoms with Crippen LogP contribution in [0.2, 0.25) is 0 Å². The monoisotopic (exact) mass is 525 g/mol. The van der Waals surface area contributed by atoms with E-state index < -0.39 is 22.6 Å². The van der Waals surface area contributed by atoms with Crippen molar-refractivity contribution in [3.8, 4) is 23.1 Å². The number of halogens is 3. The fourth-order valence-electron chi connectivity index (χ4n) is 3.45. The molecule has 0 fully saturated rings. The molecule has 38 heavy (non-hydrogen) atoms. The second kappa shape index (κ2) is 10.7. The molecule has 1 heterocycles. The Morgan fingerprint density at radius 3 is 2.45 bits per heavy atom. The molecule has 0 bridgehead atoms. The number of ether oxygens (including phenoxy) is 1. The van der Waals surface area contributed by atoms with Gasteiger partial charge >= 0.3 is 12.2 Å². The minimum Gasteiger partial charge on any atom is -0.462 e. The Morgan fingerprint density at radius 1 is 1.08 bits per heavy atom. The van der Waals surface area contributed by atoms with Crippen LogP contribution in [-0.2, 0) is 6.18 Å². The average Bonchev–Trinajstić information content (AvgIpc) is 3.32. The number of nitro groups is 1. The normalized spacial score (nSPS) is 11.4. The Kier molecular flexibility index (Phi) is 7.42. The van der Waals surface area contributed by atoms with Crippen LogP contribution in [0.25, 0.3) is 17.1 Å². The highest BCUT2D eigenvalue weighted by Crippen LogP contribution is 2.33. The minimum atomic E-state index is -4.53. The fourth-order valence-corrected chi connectivity index (χ4v) is 3.45. The third kappa shape index (κ3) is 6.14. The number of hydrogen-bond donors (Lipinski definition) is 1. The zero-order chi connectivity index (χ0) is 27.4. The second-order valence-electron chi connectivity index (χ2n) is 8.72. The molecule has 12 heteroatoms. The maximum atomic E-state index is 13.3. The van der Waals surface area contributed by atoms with Crippen LogP contribution < -0.4 is 10.1 Å². The van der Waals surface area contributed by atoms with E-state index in [0.717, 1.165) is 12.1 Å². The number of benzene rings is 3. The molecule has 0 radical (unpaired) electrons. The number of nitro benzene ring substituents is 1. The van der Waals surface area contributed by atoms with Gasteiger partial charge in [0.1, 0.15) is 0 Å². The summed E-state index contributed by atoms with van der Waals surface area (Å²) in [7, 11) is 0. The number of non-ortho nitro benzene ring substituents is 1. The van der Waals surface area contributed by atoms with Crippen molar-refractivity contribution < 1.29 is 27.6 Å². The molecule has 0 aliphatic carbocycles. The first kappa shape index (κ1) is 26.3. The summed E-state index contributed by atoms with van der Waals surface area (Å²) in [6.45, 7) is 4.19. The first-order chi connectivity index (χ1) is 18.0. The highest BCUT2D eigenvalue weighted by atomic mass is 19.4. The summed E-state index contributed by atoms with van der Waals surface area (Å²) in [5.74, 6) is -0.229. The first-order valence-corrected chi connectivity index (χ1v) is 11.4. The number of amides is 1. The number of aromatic nitrogens is 3.